The van der Waals surface area contributed by atoms with Gasteiger partial charge < -0.3 is 4.98 Å². The largest absolute Gasteiger partial charge is 0.336 e. The van der Waals surface area contributed by atoms with Crippen LogP contribution >= 0.6 is 0 Å². The van der Waals surface area contributed by atoms with Crippen LogP contribution in [0.3, 0.4) is 0 Å². The van der Waals surface area contributed by atoms with Crippen LogP contribution in [0.4, 0.5) is 0 Å². The van der Waals surface area contributed by atoms with E-state index in [0.717, 1.165) is 24.6 Å². The number of imidazole rings is 1. The van der Waals surface area contributed by atoms with Crippen LogP contribution in [0.25, 0.3) is 11.2 Å². The number of hydrogen-bond acceptors (Lipinski definition) is 3. The van der Waals surface area contributed by atoms with E-state index in [9.17, 15) is 9.59 Å². The Bertz CT molecular complexity index is 732. The molecule has 0 aromatic carbocycles. The minimum atomic E-state index is -0.389. The Morgan fingerprint density at radius 1 is 1.20 bits per heavy atom. The summed E-state index contributed by atoms with van der Waals surface area (Å²) in [5, 5.41) is 0. The maximum absolute atomic E-state index is 11.9. The van der Waals surface area contributed by atoms with E-state index in [2.05, 4.69) is 21.9 Å². The standard InChI is InChI=1S/C14H20N4O2/c1-3-18-12-10(13(19)17-14(18)20)15-11(16-12)9-6-4-8(2)5-7-9/h8-9H,3-7H2,1-2H3,(H,15,16)(H,17,19,20). The van der Waals surface area contributed by atoms with Gasteiger partial charge in [0.15, 0.2) is 5.65 Å². The number of H-pyrrole nitrogens is 2. The average molecular weight is 276 g/mol. The minimum absolute atomic E-state index is 0.374. The van der Waals surface area contributed by atoms with Crippen molar-refractivity contribution in [1.29, 1.82) is 0 Å². The fraction of sp³-hybridized carbons (Fsp3) is 0.643. The smallest absolute Gasteiger partial charge is 0.330 e. The molecule has 0 amide bonds. The molecular weight excluding hydrogens is 256 g/mol. The summed E-state index contributed by atoms with van der Waals surface area (Å²) < 4.78 is 1.50. The molecule has 0 unspecified atom stereocenters. The van der Waals surface area contributed by atoms with E-state index >= 15 is 0 Å². The minimum Gasteiger partial charge on any atom is -0.336 e. The normalized spacial score (nSPS) is 23.3. The third kappa shape index (κ3) is 2.09. The second-order valence-electron chi connectivity index (χ2n) is 5.78. The monoisotopic (exact) mass is 276 g/mol. The fourth-order valence-electron chi connectivity index (χ4n) is 3.08. The quantitative estimate of drug-likeness (QED) is 0.876. The zero-order chi connectivity index (χ0) is 14.3. The van der Waals surface area contributed by atoms with Crippen molar-refractivity contribution >= 4 is 11.2 Å². The second kappa shape index (κ2) is 4.92. The molecule has 2 heterocycles. The predicted molar refractivity (Wildman–Crippen MR) is 77.0 cm³/mol. The number of nitrogens with one attached hydrogen (secondary N) is 2. The number of hydrogen-bond donors (Lipinski definition) is 2. The molecule has 0 atom stereocenters. The van der Waals surface area contributed by atoms with Crippen LogP contribution in [0.5, 0.6) is 0 Å². The van der Waals surface area contributed by atoms with Crippen molar-refractivity contribution in [1.82, 2.24) is 19.5 Å². The first-order valence-corrected chi connectivity index (χ1v) is 7.33. The molecule has 1 saturated carbocycles. The Kier molecular flexibility index (Phi) is 3.23. The topological polar surface area (TPSA) is 83.5 Å². The van der Waals surface area contributed by atoms with Crippen molar-refractivity contribution in [3.8, 4) is 0 Å². The first kappa shape index (κ1) is 13.1. The summed E-state index contributed by atoms with van der Waals surface area (Å²) in [6.07, 6.45) is 4.57. The molecule has 0 radical (unpaired) electrons. The molecule has 1 aliphatic carbocycles. The molecule has 1 aliphatic rings. The lowest BCUT2D eigenvalue weighted by Crippen LogP contribution is -2.29. The second-order valence-corrected chi connectivity index (χ2v) is 5.78. The Morgan fingerprint density at radius 2 is 1.90 bits per heavy atom. The molecular formula is C14H20N4O2. The summed E-state index contributed by atoms with van der Waals surface area (Å²) >= 11 is 0. The molecule has 6 nitrogen and oxygen atoms in total. The van der Waals surface area contributed by atoms with Crippen molar-refractivity contribution in [3.05, 3.63) is 26.7 Å². The van der Waals surface area contributed by atoms with Gasteiger partial charge >= 0.3 is 5.69 Å². The SMILES string of the molecule is CCn1c(=O)[nH]c(=O)c2[nH]c(C3CCC(C)CC3)nc21. The maximum atomic E-state index is 11.9. The molecule has 2 N–H and O–H groups in total. The molecule has 108 valence electrons. The highest BCUT2D eigenvalue weighted by Gasteiger charge is 2.23. The number of aryl methyl sites for hydroxylation is 1. The van der Waals surface area contributed by atoms with E-state index in [1.165, 1.54) is 17.4 Å². The molecule has 6 heteroatoms. The molecule has 0 saturated heterocycles. The van der Waals surface area contributed by atoms with E-state index < -0.39 is 0 Å². The van der Waals surface area contributed by atoms with E-state index in [1.807, 2.05) is 6.92 Å². The van der Waals surface area contributed by atoms with Gasteiger partial charge in [-0.1, -0.05) is 19.8 Å². The van der Waals surface area contributed by atoms with Gasteiger partial charge in [-0.25, -0.2) is 9.78 Å². The van der Waals surface area contributed by atoms with Crippen LogP contribution in [0, 0.1) is 5.92 Å². The molecule has 2 aromatic rings. The molecule has 1 fully saturated rings. The van der Waals surface area contributed by atoms with E-state index in [-0.39, 0.29) is 11.2 Å². The van der Waals surface area contributed by atoms with Crippen molar-refractivity contribution < 1.29 is 0 Å². The van der Waals surface area contributed by atoms with Crippen LogP contribution in [-0.2, 0) is 6.54 Å². The van der Waals surface area contributed by atoms with Crippen LogP contribution in [0.1, 0.15) is 51.3 Å². The van der Waals surface area contributed by atoms with Gasteiger partial charge in [0.05, 0.1) is 0 Å². The highest BCUT2D eigenvalue weighted by Crippen LogP contribution is 2.34. The van der Waals surface area contributed by atoms with Crippen LogP contribution in [0.2, 0.25) is 0 Å². The summed E-state index contributed by atoms with van der Waals surface area (Å²) in [7, 11) is 0. The summed E-state index contributed by atoms with van der Waals surface area (Å²) in [5.41, 5.74) is 0.132. The lowest BCUT2D eigenvalue weighted by atomic mass is 9.83. The first-order chi connectivity index (χ1) is 9.60. The summed E-state index contributed by atoms with van der Waals surface area (Å²) in [6, 6.07) is 0. The van der Waals surface area contributed by atoms with Crippen molar-refractivity contribution in [2.45, 2.75) is 52.0 Å². The van der Waals surface area contributed by atoms with Crippen LogP contribution in [-0.4, -0.2) is 19.5 Å². The highest BCUT2D eigenvalue weighted by atomic mass is 16.2. The zero-order valence-electron chi connectivity index (χ0n) is 11.9. The van der Waals surface area contributed by atoms with Gasteiger partial charge in [-0.2, -0.15) is 0 Å². The number of aromatic amines is 2. The third-order valence-corrected chi connectivity index (χ3v) is 4.37. The number of aromatic nitrogens is 4. The van der Waals surface area contributed by atoms with Gasteiger partial charge in [0.25, 0.3) is 5.56 Å². The summed E-state index contributed by atoms with van der Waals surface area (Å²) in [6.45, 7) is 4.64. The lowest BCUT2D eigenvalue weighted by Gasteiger charge is -2.24. The third-order valence-electron chi connectivity index (χ3n) is 4.37. The fourth-order valence-corrected chi connectivity index (χ4v) is 3.08. The molecule has 20 heavy (non-hydrogen) atoms. The van der Waals surface area contributed by atoms with E-state index in [1.54, 1.807) is 0 Å². The number of nitrogens with zero attached hydrogens (tertiary/aromatic N) is 2. The van der Waals surface area contributed by atoms with Crippen molar-refractivity contribution in [2.75, 3.05) is 0 Å². The van der Waals surface area contributed by atoms with Crippen LogP contribution < -0.4 is 11.2 Å². The Hall–Kier alpha value is -1.85. The zero-order valence-corrected chi connectivity index (χ0v) is 11.9. The average Bonchev–Trinajstić information content (AvgIpc) is 2.85. The molecule has 0 spiro atoms. The Morgan fingerprint density at radius 3 is 2.55 bits per heavy atom. The molecule has 0 aliphatic heterocycles. The lowest BCUT2D eigenvalue weighted by molar-refractivity contribution is 0.341. The number of rotatable bonds is 2. The number of fused-ring (bicyclic) bond motifs is 1. The van der Waals surface area contributed by atoms with Gasteiger partial charge in [0, 0.05) is 12.5 Å². The predicted octanol–water partition coefficient (Wildman–Crippen LogP) is 1.73. The van der Waals surface area contributed by atoms with Gasteiger partial charge in [-0.15, -0.1) is 0 Å². The highest BCUT2D eigenvalue weighted by molar-refractivity contribution is 5.69. The van der Waals surface area contributed by atoms with Gasteiger partial charge in [-0.05, 0) is 25.7 Å². The Balaban J connectivity index is 2.09. The van der Waals surface area contributed by atoms with Gasteiger partial charge in [0.2, 0.25) is 0 Å². The van der Waals surface area contributed by atoms with Crippen molar-refractivity contribution in [2.24, 2.45) is 5.92 Å². The summed E-state index contributed by atoms with van der Waals surface area (Å²) in [4.78, 5) is 33.7. The maximum Gasteiger partial charge on any atom is 0.330 e. The summed E-state index contributed by atoms with van der Waals surface area (Å²) in [5.74, 6) is 2.00. The Labute approximate surface area is 116 Å². The van der Waals surface area contributed by atoms with E-state index in [0.29, 0.717) is 23.6 Å². The van der Waals surface area contributed by atoms with Crippen molar-refractivity contribution in [3.63, 3.8) is 0 Å². The van der Waals surface area contributed by atoms with Crippen LogP contribution in [0.15, 0.2) is 9.59 Å². The van der Waals surface area contributed by atoms with E-state index in [4.69, 9.17) is 0 Å². The molecule has 3 rings (SSSR count). The molecule has 2 aromatic heterocycles. The molecule has 0 bridgehead atoms. The van der Waals surface area contributed by atoms with Gasteiger partial charge in [-0.3, -0.25) is 14.3 Å². The van der Waals surface area contributed by atoms with Gasteiger partial charge in [0.1, 0.15) is 11.3 Å². The first-order valence-electron chi connectivity index (χ1n) is 7.33.